The fourth-order valence-corrected chi connectivity index (χ4v) is 5.25. The molecule has 2 N–H and O–H groups in total. The van der Waals surface area contributed by atoms with Gasteiger partial charge in [0.25, 0.3) is 5.56 Å². The first-order chi connectivity index (χ1) is 18.5. The molecule has 0 saturated heterocycles. The molecule has 2 aromatic heterocycles. The summed E-state index contributed by atoms with van der Waals surface area (Å²) in [7, 11) is 0. The second-order valence-electron chi connectivity index (χ2n) is 10.3. The number of anilines is 1. The van der Waals surface area contributed by atoms with Gasteiger partial charge in [0.15, 0.2) is 22.9 Å². The number of nitrogens with zero attached hydrogens (tertiary/aromatic N) is 2. The Labute approximate surface area is 220 Å². The summed E-state index contributed by atoms with van der Waals surface area (Å²) in [6.45, 7) is 6.01. The van der Waals surface area contributed by atoms with E-state index in [0.29, 0.717) is 66.8 Å². The average Bonchev–Trinajstić information content (AvgIpc) is 3.16. The maximum Gasteiger partial charge on any atom is 0.262 e. The van der Waals surface area contributed by atoms with Crippen LogP contribution in [0.1, 0.15) is 71.1 Å². The molecule has 1 atom stereocenters. The standard InChI is InChI=1S/C30H30N4O4/c1-17(2)19-5-7-20(8-6-19)21-13-22-23(24(35)14-21)16-31-28-27(22)29(36)34-30(33-28)32-15-18-4-9-25-26(12-18)38-11-3-10-37-25/h4-9,12,16-17,21H,3,10-11,13-15H2,1-2H3,(H2,31,32,33,34,36). The topological polar surface area (TPSA) is 106 Å². The predicted octanol–water partition coefficient (Wildman–Crippen LogP) is 5.13. The van der Waals surface area contributed by atoms with Gasteiger partial charge in [-0.25, -0.2) is 4.98 Å². The van der Waals surface area contributed by atoms with Crippen molar-refractivity contribution in [1.82, 2.24) is 15.0 Å². The lowest BCUT2D eigenvalue weighted by Crippen LogP contribution is -2.23. The minimum absolute atomic E-state index is 0.00888. The maximum absolute atomic E-state index is 13.3. The SMILES string of the molecule is CC(C)c1ccc(C2CC(=O)c3cnc4nc(NCc5ccc6c(c5)OCCCO6)[nH]c(=O)c4c3C2)cc1. The number of ether oxygens (including phenoxy) is 2. The summed E-state index contributed by atoms with van der Waals surface area (Å²) >= 11 is 0. The number of pyridine rings is 1. The Hall–Kier alpha value is -4.20. The molecule has 8 heteroatoms. The van der Waals surface area contributed by atoms with Gasteiger partial charge in [0, 0.05) is 31.1 Å². The van der Waals surface area contributed by atoms with Gasteiger partial charge in [-0.2, -0.15) is 4.98 Å². The van der Waals surface area contributed by atoms with E-state index in [4.69, 9.17) is 9.47 Å². The number of Topliss-reactive ketones (excluding diaryl/α,β-unsaturated/α-hetero) is 1. The number of benzene rings is 2. The third-order valence-electron chi connectivity index (χ3n) is 7.37. The molecular formula is C30H30N4O4. The number of ketones is 1. The Morgan fingerprint density at radius 2 is 1.82 bits per heavy atom. The van der Waals surface area contributed by atoms with Crippen LogP contribution in [0.3, 0.4) is 0 Å². The normalized spacial score (nSPS) is 16.8. The molecule has 0 radical (unpaired) electrons. The summed E-state index contributed by atoms with van der Waals surface area (Å²) in [6, 6.07) is 14.2. The highest BCUT2D eigenvalue weighted by Gasteiger charge is 2.29. The monoisotopic (exact) mass is 510 g/mol. The first-order valence-electron chi connectivity index (χ1n) is 13.1. The van der Waals surface area contributed by atoms with Crippen LogP contribution in [0.2, 0.25) is 0 Å². The Kier molecular flexibility index (Phi) is 6.31. The number of H-pyrrole nitrogens is 1. The zero-order valence-corrected chi connectivity index (χ0v) is 21.5. The third kappa shape index (κ3) is 4.62. The fourth-order valence-electron chi connectivity index (χ4n) is 5.25. The molecule has 0 saturated carbocycles. The van der Waals surface area contributed by atoms with Crippen LogP contribution in [0.15, 0.2) is 53.5 Å². The van der Waals surface area contributed by atoms with E-state index in [1.54, 1.807) is 6.20 Å². The largest absolute Gasteiger partial charge is 0.490 e. The van der Waals surface area contributed by atoms with Gasteiger partial charge >= 0.3 is 0 Å². The molecule has 2 aliphatic rings. The first kappa shape index (κ1) is 24.2. The molecule has 1 aliphatic carbocycles. The van der Waals surface area contributed by atoms with E-state index in [1.165, 1.54) is 5.56 Å². The average molecular weight is 511 g/mol. The summed E-state index contributed by atoms with van der Waals surface area (Å²) in [4.78, 5) is 38.1. The Morgan fingerprint density at radius 1 is 1.03 bits per heavy atom. The van der Waals surface area contributed by atoms with Crippen molar-refractivity contribution in [2.24, 2.45) is 0 Å². The molecule has 2 aromatic carbocycles. The van der Waals surface area contributed by atoms with Gasteiger partial charge in [0.1, 0.15) is 0 Å². The molecule has 0 amide bonds. The second-order valence-corrected chi connectivity index (χ2v) is 10.3. The van der Waals surface area contributed by atoms with Crippen molar-refractivity contribution in [2.45, 2.75) is 51.5 Å². The van der Waals surface area contributed by atoms with Crippen LogP contribution in [0.4, 0.5) is 5.95 Å². The van der Waals surface area contributed by atoms with Crippen LogP contribution in [-0.2, 0) is 13.0 Å². The number of rotatable bonds is 5. The van der Waals surface area contributed by atoms with Crippen molar-refractivity contribution in [3.8, 4) is 11.5 Å². The highest BCUT2D eigenvalue weighted by Crippen LogP contribution is 2.35. The lowest BCUT2D eigenvalue weighted by molar-refractivity contribution is 0.0964. The highest BCUT2D eigenvalue weighted by atomic mass is 16.5. The molecule has 1 unspecified atom stereocenters. The van der Waals surface area contributed by atoms with Crippen molar-refractivity contribution in [3.05, 3.63) is 86.8 Å². The van der Waals surface area contributed by atoms with Crippen LogP contribution in [0.25, 0.3) is 11.0 Å². The van der Waals surface area contributed by atoms with E-state index in [9.17, 15) is 9.59 Å². The van der Waals surface area contributed by atoms with Crippen molar-refractivity contribution < 1.29 is 14.3 Å². The molecule has 38 heavy (non-hydrogen) atoms. The van der Waals surface area contributed by atoms with E-state index >= 15 is 0 Å². The van der Waals surface area contributed by atoms with Gasteiger partial charge in [-0.1, -0.05) is 44.2 Å². The Morgan fingerprint density at radius 3 is 2.61 bits per heavy atom. The number of aromatic nitrogens is 3. The van der Waals surface area contributed by atoms with Crippen LogP contribution < -0.4 is 20.3 Å². The molecule has 3 heterocycles. The van der Waals surface area contributed by atoms with E-state index in [-0.39, 0.29) is 17.3 Å². The van der Waals surface area contributed by atoms with Crippen molar-refractivity contribution >= 4 is 22.8 Å². The quantitative estimate of drug-likeness (QED) is 0.383. The summed E-state index contributed by atoms with van der Waals surface area (Å²) in [6.07, 6.45) is 3.41. The second kappa shape index (κ2) is 9.93. The predicted molar refractivity (Wildman–Crippen MR) is 145 cm³/mol. The van der Waals surface area contributed by atoms with Gasteiger partial charge < -0.3 is 14.8 Å². The number of nitrogens with one attached hydrogen (secondary N) is 2. The van der Waals surface area contributed by atoms with Crippen LogP contribution in [0, 0.1) is 0 Å². The van der Waals surface area contributed by atoms with E-state index in [1.807, 2.05) is 18.2 Å². The number of hydrogen-bond acceptors (Lipinski definition) is 7. The zero-order valence-electron chi connectivity index (χ0n) is 21.5. The van der Waals surface area contributed by atoms with Gasteiger partial charge in [-0.3, -0.25) is 14.6 Å². The number of hydrogen-bond donors (Lipinski definition) is 2. The Bertz CT molecular complexity index is 1580. The highest BCUT2D eigenvalue weighted by molar-refractivity contribution is 6.02. The smallest absolute Gasteiger partial charge is 0.262 e. The summed E-state index contributed by atoms with van der Waals surface area (Å²) < 4.78 is 11.5. The number of aromatic amines is 1. The molecular weight excluding hydrogens is 480 g/mol. The van der Waals surface area contributed by atoms with Crippen LogP contribution in [-0.4, -0.2) is 33.9 Å². The van der Waals surface area contributed by atoms with Crippen molar-refractivity contribution in [1.29, 1.82) is 0 Å². The number of carbonyl (C=O) groups excluding carboxylic acids is 1. The van der Waals surface area contributed by atoms with Crippen molar-refractivity contribution in [3.63, 3.8) is 0 Å². The van der Waals surface area contributed by atoms with E-state index in [2.05, 4.69) is 58.4 Å². The fraction of sp³-hybridized carbons (Fsp3) is 0.333. The molecule has 6 rings (SSSR count). The van der Waals surface area contributed by atoms with Crippen molar-refractivity contribution in [2.75, 3.05) is 18.5 Å². The summed E-state index contributed by atoms with van der Waals surface area (Å²) in [5.41, 5.74) is 4.61. The van der Waals surface area contributed by atoms with Gasteiger partial charge in [-0.15, -0.1) is 0 Å². The number of carbonyl (C=O) groups is 1. The van der Waals surface area contributed by atoms with Gasteiger partial charge in [0.2, 0.25) is 5.95 Å². The Balaban J connectivity index is 1.26. The van der Waals surface area contributed by atoms with E-state index < -0.39 is 0 Å². The lowest BCUT2D eigenvalue weighted by Gasteiger charge is -2.25. The minimum Gasteiger partial charge on any atom is -0.490 e. The first-order valence-corrected chi connectivity index (χ1v) is 13.1. The van der Waals surface area contributed by atoms with Gasteiger partial charge in [0.05, 0.1) is 18.6 Å². The van der Waals surface area contributed by atoms with E-state index in [0.717, 1.165) is 28.9 Å². The zero-order chi connectivity index (χ0) is 26.2. The molecule has 0 fully saturated rings. The number of fused-ring (bicyclic) bond motifs is 4. The minimum atomic E-state index is -0.302. The van der Waals surface area contributed by atoms with Gasteiger partial charge in [-0.05, 0) is 52.6 Å². The lowest BCUT2D eigenvalue weighted by atomic mass is 9.79. The summed E-state index contributed by atoms with van der Waals surface area (Å²) in [5, 5.41) is 3.57. The maximum atomic E-state index is 13.3. The van der Waals surface area contributed by atoms with Crippen LogP contribution in [0.5, 0.6) is 11.5 Å². The molecule has 1 aliphatic heterocycles. The molecule has 0 bridgehead atoms. The molecule has 8 nitrogen and oxygen atoms in total. The third-order valence-corrected chi connectivity index (χ3v) is 7.37. The molecule has 4 aromatic rings. The summed E-state index contributed by atoms with van der Waals surface area (Å²) in [5.74, 6) is 2.24. The molecule has 194 valence electrons. The van der Waals surface area contributed by atoms with Crippen LogP contribution >= 0.6 is 0 Å². The molecule has 0 spiro atoms.